The van der Waals surface area contributed by atoms with Gasteiger partial charge in [-0.15, -0.1) is 0 Å². The second-order valence-corrected chi connectivity index (χ2v) is 8.75. The van der Waals surface area contributed by atoms with Crippen LogP contribution in [0.25, 0.3) is 0 Å². The molecule has 4 rings (SSSR count). The summed E-state index contributed by atoms with van der Waals surface area (Å²) in [4.78, 5) is 0. The standard InChI is InChI=1S/C25H32O10/c1-13-21(28)22(29)23(30)25(33-13)32-9-3-4-14-5-8-17-19(10-14)35-24(20(12-26)34-17)15-6-7-16(27)18(11-15)31-2/h5-8,10-11,13,20-30H,3-4,9,12H2,1-2H3/t13-,20+,21-,22+,23+,24+,25-/m0/s1. The average molecular weight is 493 g/mol. The molecular weight excluding hydrogens is 460 g/mol. The van der Waals surface area contributed by atoms with E-state index in [1.807, 2.05) is 12.1 Å². The molecule has 2 aliphatic rings. The Morgan fingerprint density at radius 3 is 2.49 bits per heavy atom. The Labute approximate surface area is 203 Å². The summed E-state index contributed by atoms with van der Waals surface area (Å²) in [5, 5.41) is 49.4. The van der Waals surface area contributed by atoms with Gasteiger partial charge in [-0.25, -0.2) is 0 Å². The maximum Gasteiger partial charge on any atom is 0.186 e. The van der Waals surface area contributed by atoms with Crippen LogP contribution in [0.15, 0.2) is 36.4 Å². The van der Waals surface area contributed by atoms with E-state index in [0.717, 1.165) is 5.56 Å². The predicted octanol–water partition coefficient (Wildman–Crippen LogP) is 1.05. The molecule has 0 saturated carbocycles. The minimum absolute atomic E-state index is 0.00437. The molecule has 1 fully saturated rings. The summed E-state index contributed by atoms with van der Waals surface area (Å²) in [6.07, 6.45) is -5.47. The van der Waals surface area contributed by atoms with E-state index in [0.29, 0.717) is 35.7 Å². The molecule has 0 radical (unpaired) electrons. The van der Waals surface area contributed by atoms with Gasteiger partial charge in [-0.05, 0) is 49.6 Å². The Hall–Kier alpha value is -2.60. The van der Waals surface area contributed by atoms with Crippen molar-refractivity contribution < 1.29 is 49.2 Å². The van der Waals surface area contributed by atoms with Crippen LogP contribution in [0.3, 0.4) is 0 Å². The lowest BCUT2D eigenvalue weighted by Crippen LogP contribution is -2.57. The quantitative estimate of drug-likeness (QED) is 0.339. The van der Waals surface area contributed by atoms with Crippen molar-refractivity contribution in [2.24, 2.45) is 0 Å². The van der Waals surface area contributed by atoms with Gasteiger partial charge in [0.1, 0.15) is 18.3 Å². The van der Waals surface area contributed by atoms with Crippen LogP contribution in [-0.4, -0.2) is 82.7 Å². The number of aliphatic hydroxyl groups is 4. The molecule has 0 aromatic heterocycles. The SMILES string of the molecule is COc1cc([C@H]2Oc3cc(CCCO[C@H]4O[C@@H](C)[C@H](O)[C@@H](O)[C@H]4O)ccc3O[C@@H]2CO)ccc1O. The van der Waals surface area contributed by atoms with E-state index in [-0.39, 0.29) is 19.0 Å². The number of phenols is 1. The monoisotopic (exact) mass is 492 g/mol. The fourth-order valence-corrected chi connectivity index (χ4v) is 4.25. The van der Waals surface area contributed by atoms with Gasteiger partial charge < -0.3 is 49.2 Å². The number of hydrogen-bond acceptors (Lipinski definition) is 10. The lowest BCUT2D eigenvalue weighted by Gasteiger charge is -2.38. The highest BCUT2D eigenvalue weighted by Crippen LogP contribution is 2.41. The molecule has 192 valence electrons. The number of ether oxygens (including phenoxy) is 5. The Kier molecular flexibility index (Phi) is 8.00. The molecule has 0 unspecified atom stereocenters. The highest BCUT2D eigenvalue weighted by molar-refractivity contribution is 5.47. The van der Waals surface area contributed by atoms with Crippen LogP contribution in [0.4, 0.5) is 0 Å². The van der Waals surface area contributed by atoms with E-state index in [1.54, 1.807) is 25.1 Å². The zero-order valence-corrected chi connectivity index (χ0v) is 19.6. The fraction of sp³-hybridized carbons (Fsp3) is 0.520. The summed E-state index contributed by atoms with van der Waals surface area (Å²) in [5.41, 5.74) is 1.66. The summed E-state index contributed by atoms with van der Waals surface area (Å²) < 4.78 is 28.4. The molecule has 2 heterocycles. The first-order valence-corrected chi connectivity index (χ1v) is 11.6. The minimum Gasteiger partial charge on any atom is -0.504 e. The Bertz CT molecular complexity index is 998. The Balaban J connectivity index is 1.38. The largest absolute Gasteiger partial charge is 0.504 e. The van der Waals surface area contributed by atoms with Crippen molar-refractivity contribution in [1.82, 2.24) is 0 Å². The molecule has 0 amide bonds. The van der Waals surface area contributed by atoms with Gasteiger partial charge in [-0.3, -0.25) is 0 Å². The van der Waals surface area contributed by atoms with E-state index in [4.69, 9.17) is 23.7 Å². The zero-order valence-electron chi connectivity index (χ0n) is 19.6. The van der Waals surface area contributed by atoms with Crippen LogP contribution in [0.2, 0.25) is 0 Å². The topological polar surface area (TPSA) is 147 Å². The van der Waals surface area contributed by atoms with Gasteiger partial charge in [0.2, 0.25) is 0 Å². The molecule has 5 N–H and O–H groups in total. The zero-order chi connectivity index (χ0) is 25.1. The van der Waals surface area contributed by atoms with Crippen LogP contribution in [-0.2, 0) is 15.9 Å². The number of rotatable bonds is 8. The molecule has 0 bridgehead atoms. The molecule has 2 aromatic rings. The first-order chi connectivity index (χ1) is 16.8. The molecule has 7 atom stereocenters. The first-order valence-electron chi connectivity index (χ1n) is 11.6. The van der Waals surface area contributed by atoms with E-state index in [2.05, 4.69) is 0 Å². The summed E-state index contributed by atoms with van der Waals surface area (Å²) in [5.74, 6) is 1.35. The summed E-state index contributed by atoms with van der Waals surface area (Å²) in [7, 11) is 1.46. The number of hydrogen-bond donors (Lipinski definition) is 5. The highest BCUT2D eigenvalue weighted by atomic mass is 16.7. The third-order valence-electron chi connectivity index (χ3n) is 6.29. The van der Waals surface area contributed by atoms with Gasteiger partial charge >= 0.3 is 0 Å². The normalized spacial score (nSPS) is 30.2. The Morgan fingerprint density at radius 2 is 1.74 bits per heavy atom. The number of aliphatic hydroxyl groups excluding tert-OH is 4. The smallest absolute Gasteiger partial charge is 0.186 e. The maximum atomic E-state index is 10.1. The van der Waals surface area contributed by atoms with Crippen LogP contribution in [0.1, 0.15) is 30.6 Å². The summed E-state index contributed by atoms with van der Waals surface area (Å²) in [6, 6.07) is 10.4. The van der Waals surface area contributed by atoms with Crippen molar-refractivity contribution in [1.29, 1.82) is 0 Å². The van der Waals surface area contributed by atoms with Crippen molar-refractivity contribution in [3.05, 3.63) is 47.5 Å². The third-order valence-corrected chi connectivity index (χ3v) is 6.29. The van der Waals surface area contributed by atoms with Crippen molar-refractivity contribution in [3.63, 3.8) is 0 Å². The lowest BCUT2D eigenvalue weighted by molar-refractivity contribution is -0.293. The van der Waals surface area contributed by atoms with E-state index in [1.165, 1.54) is 13.2 Å². The molecule has 1 saturated heterocycles. The molecule has 0 spiro atoms. The predicted molar refractivity (Wildman–Crippen MR) is 123 cm³/mol. The van der Waals surface area contributed by atoms with Crippen molar-refractivity contribution in [2.45, 2.75) is 62.7 Å². The van der Waals surface area contributed by atoms with Gasteiger partial charge in [0.15, 0.2) is 41.5 Å². The number of benzene rings is 2. The number of aromatic hydroxyl groups is 1. The molecular formula is C25H32O10. The molecule has 2 aliphatic heterocycles. The molecule has 10 nitrogen and oxygen atoms in total. The van der Waals surface area contributed by atoms with Gasteiger partial charge in [0.25, 0.3) is 0 Å². The minimum atomic E-state index is -1.33. The first kappa shape index (κ1) is 25.5. The van der Waals surface area contributed by atoms with Crippen LogP contribution in [0.5, 0.6) is 23.0 Å². The van der Waals surface area contributed by atoms with Crippen molar-refractivity contribution in [3.8, 4) is 23.0 Å². The molecule has 35 heavy (non-hydrogen) atoms. The molecule has 0 aliphatic carbocycles. The number of aryl methyl sites for hydroxylation is 1. The van der Waals surface area contributed by atoms with Crippen molar-refractivity contribution in [2.75, 3.05) is 20.3 Å². The van der Waals surface area contributed by atoms with Gasteiger partial charge in [0.05, 0.1) is 26.4 Å². The van der Waals surface area contributed by atoms with E-state index >= 15 is 0 Å². The van der Waals surface area contributed by atoms with Gasteiger partial charge in [0, 0.05) is 5.56 Å². The fourth-order valence-electron chi connectivity index (χ4n) is 4.25. The van der Waals surface area contributed by atoms with E-state index < -0.39 is 42.9 Å². The van der Waals surface area contributed by atoms with Crippen LogP contribution < -0.4 is 14.2 Å². The van der Waals surface area contributed by atoms with Gasteiger partial charge in [-0.1, -0.05) is 12.1 Å². The molecule has 2 aromatic carbocycles. The second-order valence-electron chi connectivity index (χ2n) is 8.75. The lowest BCUT2D eigenvalue weighted by atomic mass is 10.00. The summed E-state index contributed by atoms with van der Waals surface area (Å²) >= 11 is 0. The highest BCUT2D eigenvalue weighted by Gasteiger charge is 2.42. The summed E-state index contributed by atoms with van der Waals surface area (Å²) in [6.45, 7) is 1.62. The van der Waals surface area contributed by atoms with Gasteiger partial charge in [-0.2, -0.15) is 0 Å². The second kappa shape index (κ2) is 11.0. The maximum absolute atomic E-state index is 10.1. The average Bonchev–Trinajstić information content (AvgIpc) is 2.87. The van der Waals surface area contributed by atoms with Crippen molar-refractivity contribution >= 4 is 0 Å². The number of methoxy groups -OCH3 is 1. The number of fused-ring (bicyclic) bond motifs is 1. The molecule has 10 heteroatoms. The van der Waals surface area contributed by atoms with E-state index in [9.17, 15) is 25.5 Å². The third kappa shape index (κ3) is 5.48. The Morgan fingerprint density at radius 1 is 0.943 bits per heavy atom. The number of phenolic OH excluding ortho intramolecular Hbond substituents is 1. The van der Waals surface area contributed by atoms with Crippen LogP contribution in [0, 0.1) is 0 Å². The van der Waals surface area contributed by atoms with Crippen LogP contribution >= 0.6 is 0 Å².